The molecule has 2 aromatic heterocycles. The molecule has 0 spiro atoms. The van der Waals surface area contributed by atoms with E-state index in [1.165, 1.54) is 10.6 Å². The summed E-state index contributed by atoms with van der Waals surface area (Å²) in [5, 5.41) is 3.13. The van der Waals surface area contributed by atoms with Gasteiger partial charge < -0.3 is 4.74 Å². The van der Waals surface area contributed by atoms with Crippen LogP contribution in [0.5, 0.6) is 0 Å². The molecule has 130 valence electrons. The number of benzene rings is 2. The second-order valence-corrected chi connectivity index (χ2v) is 6.83. The molecule has 5 nitrogen and oxygen atoms in total. The van der Waals surface area contributed by atoms with E-state index < -0.39 is 0 Å². The van der Waals surface area contributed by atoms with Crippen LogP contribution < -0.4 is 5.56 Å². The maximum atomic E-state index is 12.7. The first-order chi connectivity index (χ1) is 12.7. The van der Waals surface area contributed by atoms with Gasteiger partial charge in [0.05, 0.1) is 18.0 Å². The van der Waals surface area contributed by atoms with E-state index in [2.05, 4.69) is 21.0 Å². The summed E-state index contributed by atoms with van der Waals surface area (Å²) >= 11 is 3.43. The van der Waals surface area contributed by atoms with Gasteiger partial charge in [0.1, 0.15) is 0 Å². The molecular weight excluding hydrogens is 394 g/mol. The zero-order chi connectivity index (χ0) is 18.1. The normalized spacial score (nSPS) is 11.2. The predicted molar refractivity (Wildman–Crippen MR) is 105 cm³/mol. The van der Waals surface area contributed by atoms with Crippen molar-refractivity contribution in [2.75, 3.05) is 7.11 Å². The van der Waals surface area contributed by atoms with Crippen molar-refractivity contribution in [3.05, 3.63) is 81.2 Å². The zero-order valence-corrected chi connectivity index (χ0v) is 15.7. The molecule has 0 aliphatic rings. The topological polar surface area (TPSA) is 59.4 Å². The summed E-state index contributed by atoms with van der Waals surface area (Å²) in [5.74, 6) is 0. The van der Waals surface area contributed by atoms with Crippen molar-refractivity contribution in [2.24, 2.45) is 0 Å². The van der Waals surface area contributed by atoms with E-state index in [1.807, 2.05) is 54.6 Å². The average molecular weight is 410 g/mol. The molecule has 0 bridgehead atoms. The molecule has 0 aliphatic carbocycles. The minimum atomic E-state index is -0.160. The lowest BCUT2D eigenvalue weighted by Crippen LogP contribution is -2.14. The van der Waals surface area contributed by atoms with Gasteiger partial charge in [0.25, 0.3) is 5.56 Å². The third-order valence-corrected chi connectivity index (χ3v) is 4.71. The van der Waals surface area contributed by atoms with E-state index in [-0.39, 0.29) is 5.56 Å². The molecule has 0 unspecified atom stereocenters. The fourth-order valence-corrected chi connectivity index (χ4v) is 3.27. The molecule has 0 amide bonds. The number of hydrogen-bond donors (Lipinski definition) is 1. The van der Waals surface area contributed by atoms with Crippen LogP contribution in [0.15, 0.2) is 69.9 Å². The van der Waals surface area contributed by atoms with Crippen LogP contribution in [0.2, 0.25) is 0 Å². The molecule has 1 N–H and O–H groups in total. The average Bonchev–Trinajstić information content (AvgIpc) is 3.02. The Morgan fingerprint density at radius 2 is 1.81 bits per heavy atom. The zero-order valence-electron chi connectivity index (χ0n) is 14.1. The summed E-state index contributed by atoms with van der Waals surface area (Å²) in [6, 6.07) is 19.2. The number of nitrogens with one attached hydrogen (secondary N) is 1. The van der Waals surface area contributed by atoms with Gasteiger partial charge in [-0.3, -0.25) is 9.89 Å². The molecule has 0 saturated carbocycles. The Bertz CT molecular complexity index is 1120. The predicted octanol–water partition coefficient (Wildman–Crippen LogP) is 4.27. The number of nitrogens with zero attached hydrogens (tertiary/aromatic N) is 2. The summed E-state index contributed by atoms with van der Waals surface area (Å²) < 4.78 is 7.76. The van der Waals surface area contributed by atoms with Crippen molar-refractivity contribution < 1.29 is 4.74 Å². The molecule has 0 saturated heterocycles. The fraction of sp³-hybridized carbons (Fsp3) is 0.100. The quantitative estimate of drug-likeness (QED) is 0.547. The van der Waals surface area contributed by atoms with Crippen molar-refractivity contribution in [2.45, 2.75) is 6.61 Å². The molecule has 0 aliphatic heterocycles. The number of aromatic nitrogens is 3. The van der Waals surface area contributed by atoms with E-state index in [4.69, 9.17) is 9.72 Å². The highest BCUT2D eigenvalue weighted by Gasteiger charge is 2.17. The summed E-state index contributed by atoms with van der Waals surface area (Å²) in [6.07, 6.45) is 0. The molecule has 0 atom stereocenters. The Morgan fingerprint density at radius 3 is 2.50 bits per heavy atom. The first kappa shape index (κ1) is 16.8. The summed E-state index contributed by atoms with van der Waals surface area (Å²) in [4.78, 5) is 17.5. The van der Waals surface area contributed by atoms with Gasteiger partial charge >= 0.3 is 0 Å². The van der Waals surface area contributed by atoms with Crippen LogP contribution in [0, 0.1) is 0 Å². The Balaban J connectivity index is 2.00. The summed E-state index contributed by atoms with van der Waals surface area (Å²) in [5.41, 5.74) is 4.64. The molecule has 4 rings (SSSR count). The molecular formula is C20H16BrN3O2. The number of aromatic amines is 1. The van der Waals surface area contributed by atoms with Gasteiger partial charge in [-0.25, -0.2) is 9.50 Å². The Kier molecular flexibility index (Phi) is 4.44. The van der Waals surface area contributed by atoms with Gasteiger partial charge in [-0.15, -0.1) is 0 Å². The molecule has 0 radical (unpaired) electrons. The van der Waals surface area contributed by atoms with Crippen LogP contribution in [-0.2, 0) is 11.3 Å². The van der Waals surface area contributed by atoms with Crippen molar-refractivity contribution in [1.29, 1.82) is 0 Å². The van der Waals surface area contributed by atoms with E-state index in [0.717, 1.165) is 26.9 Å². The number of methoxy groups -OCH3 is 1. The number of rotatable bonds is 4. The van der Waals surface area contributed by atoms with Crippen LogP contribution in [0.1, 0.15) is 5.69 Å². The Hall–Kier alpha value is -2.70. The van der Waals surface area contributed by atoms with Crippen LogP contribution >= 0.6 is 15.9 Å². The van der Waals surface area contributed by atoms with Gasteiger partial charge in [0.15, 0.2) is 5.65 Å². The second kappa shape index (κ2) is 6.90. The van der Waals surface area contributed by atoms with Gasteiger partial charge in [-0.2, -0.15) is 0 Å². The first-order valence-corrected chi connectivity index (χ1v) is 8.91. The number of hydrogen-bond acceptors (Lipinski definition) is 3. The lowest BCUT2D eigenvalue weighted by molar-refractivity contribution is 0.181. The maximum absolute atomic E-state index is 12.7. The van der Waals surface area contributed by atoms with Crippen molar-refractivity contribution >= 4 is 21.6 Å². The first-order valence-electron chi connectivity index (χ1n) is 8.12. The van der Waals surface area contributed by atoms with Crippen molar-refractivity contribution in [1.82, 2.24) is 14.6 Å². The molecule has 6 heteroatoms. The highest BCUT2D eigenvalue weighted by molar-refractivity contribution is 9.10. The molecule has 2 heterocycles. The SMILES string of the molecule is COCc1[nH]n2c(=O)cc(-c3ccc(Br)cc3)nc2c1-c1ccccc1. The van der Waals surface area contributed by atoms with Crippen LogP contribution in [0.25, 0.3) is 28.0 Å². The van der Waals surface area contributed by atoms with E-state index >= 15 is 0 Å². The lowest BCUT2D eigenvalue weighted by atomic mass is 10.1. The molecule has 26 heavy (non-hydrogen) atoms. The molecule has 4 aromatic rings. The minimum absolute atomic E-state index is 0.160. The number of fused-ring (bicyclic) bond motifs is 1. The maximum Gasteiger partial charge on any atom is 0.273 e. The fourth-order valence-electron chi connectivity index (χ4n) is 3.01. The Labute approximate surface area is 158 Å². The number of ether oxygens (including phenoxy) is 1. The van der Waals surface area contributed by atoms with Crippen molar-refractivity contribution in [3.63, 3.8) is 0 Å². The smallest absolute Gasteiger partial charge is 0.273 e. The van der Waals surface area contributed by atoms with Gasteiger partial charge in [-0.05, 0) is 17.7 Å². The van der Waals surface area contributed by atoms with E-state index in [9.17, 15) is 4.79 Å². The highest BCUT2D eigenvalue weighted by atomic mass is 79.9. The van der Waals surface area contributed by atoms with Gasteiger partial charge in [-0.1, -0.05) is 58.4 Å². The van der Waals surface area contributed by atoms with E-state index in [1.54, 1.807) is 7.11 Å². The molecule has 0 fully saturated rings. The van der Waals surface area contributed by atoms with E-state index in [0.29, 0.717) is 17.9 Å². The third-order valence-electron chi connectivity index (χ3n) is 4.18. The van der Waals surface area contributed by atoms with Crippen molar-refractivity contribution in [3.8, 4) is 22.4 Å². The minimum Gasteiger partial charge on any atom is -0.378 e. The lowest BCUT2D eigenvalue weighted by Gasteiger charge is -2.04. The molecule has 2 aromatic carbocycles. The monoisotopic (exact) mass is 409 g/mol. The third kappa shape index (κ3) is 2.98. The Morgan fingerprint density at radius 1 is 1.08 bits per heavy atom. The summed E-state index contributed by atoms with van der Waals surface area (Å²) in [7, 11) is 1.63. The van der Waals surface area contributed by atoms with Gasteiger partial charge in [0.2, 0.25) is 0 Å². The van der Waals surface area contributed by atoms with Crippen LogP contribution in [-0.4, -0.2) is 21.7 Å². The largest absolute Gasteiger partial charge is 0.378 e. The van der Waals surface area contributed by atoms with Gasteiger partial charge in [0, 0.05) is 28.8 Å². The van der Waals surface area contributed by atoms with Crippen LogP contribution in [0.3, 0.4) is 0 Å². The second-order valence-electron chi connectivity index (χ2n) is 5.91. The summed E-state index contributed by atoms with van der Waals surface area (Å²) in [6.45, 7) is 0.362. The number of halogens is 1. The standard InChI is InChI=1S/C20H16BrN3O2/c1-26-12-17-19(14-5-3-2-4-6-14)20-22-16(11-18(25)24(20)23-17)13-7-9-15(21)10-8-13/h2-11,23H,12H2,1H3. The number of H-pyrrole nitrogens is 1. The highest BCUT2D eigenvalue weighted by Crippen LogP contribution is 2.29. The van der Waals surface area contributed by atoms with Crippen LogP contribution in [0.4, 0.5) is 0 Å².